The number of nitrogens with one attached hydrogen (secondary N) is 1. The highest BCUT2D eigenvalue weighted by Crippen LogP contribution is 2.31. The van der Waals surface area contributed by atoms with Crippen LogP contribution in [0.15, 0.2) is 36.4 Å². The van der Waals surface area contributed by atoms with Gasteiger partial charge in [-0.3, -0.25) is 0 Å². The fraction of sp³-hybridized carbons (Fsp3) is 0.333. The Morgan fingerprint density at radius 3 is 2.04 bits per heavy atom. The van der Waals surface area contributed by atoms with Crippen molar-refractivity contribution in [1.82, 2.24) is 0 Å². The molecule has 2 aromatic rings. The number of ether oxygens (including phenoxy) is 3. The van der Waals surface area contributed by atoms with E-state index in [-0.39, 0.29) is 0 Å². The van der Waals surface area contributed by atoms with Crippen molar-refractivity contribution in [3.05, 3.63) is 53.1 Å². The number of hydrogen-bond acceptors (Lipinski definition) is 3. The molecule has 0 atom stereocenters. The zero-order valence-corrected chi connectivity index (χ0v) is 15.8. The quantitative estimate of drug-likeness (QED) is 0.749. The third kappa shape index (κ3) is 5.26. The van der Waals surface area contributed by atoms with Crippen molar-refractivity contribution in [3.8, 4) is 17.2 Å². The molecule has 0 aromatic heterocycles. The molecule has 2 rings (SSSR count). The molecule has 2 aromatic carbocycles. The molecule has 1 N–H and O–H groups in total. The minimum Gasteiger partial charge on any atom is -0.497 e. The second-order valence-corrected chi connectivity index (χ2v) is 6.22. The van der Waals surface area contributed by atoms with Crippen molar-refractivity contribution in [2.45, 2.75) is 6.42 Å². The van der Waals surface area contributed by atoms with Crippen molar-refractivity contribution < 1.29 is 19.1 Å². The first-order chi connectivity index (χ1) is 12.1. The normalized spacial score (nSPS) is 11.1. The van der Waals surface area contributed by atoms with Crippen LogP contribution in [0, 0.1) is 0 Å². The summed E-state index contributed by atoms with van der Waals surface area (Å²) in [6.45, 7) is 1.05. The van der Waals surface area contributed by atoms with Crippen LogP contribution in [0.2, 0.25) is 0 Å². The highest BCUT2D eigenvalue weighted by Gasteiger charge is 2.10. The first-order valence-electron chi connectivity index (χ1n) is 8.43. The predicted molar refractivity (Wildman–Crippen MR) is 103 cm³/mol. The average Bonchev–Trinajstić information content (AvgIpc) is 2.64. The molecule has 0 aliphatic heterocycles. The molecule has 25 heavy (non-hydrogen) atoms. The number of methoxy groups -OCH3 is 3. The van der Waals surface area contributed by atoms with Crippen molar-refractivity contribution in [2.24, 2.45) is 0 Å². The van der Waals surface area contributed by atoms with Gasteiger partial charge in [0.25, 0.3) is 0 Å². The van der Waals surface area contributed by atoms with E-state index < -0.39 is 0 Å². The fourth-order valence-corrected chi connectivity index (χ4v) is 2.59. The lowest BCUT2D eigenvalue weighted by Crippen LogP contribution is -3.05. The largest absolute Gasteiger partial charge is 0.497 e. The van der Waals surface area contributed by atoms with Crippen LogP contribution in [0.3, 0.4) is 0 Å². The number of quaternary nitrogens is 1. The van der Waals surface area contributed by atoms with E-state index in [0.29, 0.717) is 0 Å². The summed E-state index contributed by atoms with van der Waals surface area (Å²) in [6, 6.07) is 12.1. The lowest BCUT2D eigenvalue weighted by molar-refractivity contribution is -0.858. The second-order valence-electron chi connectivity index (χ2n) is 6.22. The van der Waals surface area contributed by atoms with Gasteiger partial charge in [0.1, 0.15) is 5.75 Å². The second kappa shape index (κ2) is 9.14. The van der Waals surface area contributed by atoms with Crippen molar-refractivity contribution in [2.75, 3.05) is 42.0 Å². The minimum atomic E-state index is 0.748. The van der Waals surface area contributed by atoms with Gasteiger partial charge in [0, 0.05) is 6.42 Å². The van der Waals surface area contributed by atoms with Crippen LogP contribution in [0.1, 0.15) is 16.7 Å². The molecule has 0 saturated carbocycles. The van der Waals surface area contributed by atoms with E-state index in [4.69, 9.17) is 14.2 Å². The molecule has 0 radical (unpaired) electrons. The fourth-order valence-electron chi connectivity index (χ4n) is 2.59. The van der Waals surface area contributed by atoms with E-state index in [9.17, 15) is 0 Å². The lowest BCUT2D eigenvalue weighted by Gasteiger charge is -2.14. The van der Waals surface area contributed by atoms with Crippen molar-refractivity contribution in [1.29, 1.82) is 0 Å². The van der Waals surface area contributed by atoms with Gasteiger partial charge in [0.2, 0.25) is 0 Å². The first kappa shape index (κ1) is 18.9. The zero-order valence-electron chi connectivity index (χ0n) is 15.8. The maximum atomic E-state index is 5.46. The average molecular weight is 342 g/mol. The van der Waals surface area contributed by atoms with Crippen LogP contribution in [-0.4, -0.2) is 42.0 Å². The Kier molecular flexibility index (Phi) is 6.90. The molecule has 4 nitrogen and oxygen atoms in total. The zero-order chi connectivity index (χ0) is 18.2. The molecule has 0 heterocycles. The minimum absolute atomic E-state index is 0.748. The Morgan fingerprint density at radius 1 is 0.840 bits per heavy atom. The summed E-state index contributed by atoms with van der Waals surface area (Å²) in [5.74, 6) is 2.38. The summed E-state index contributed by atoms with van der Waals surface area (Å²) in [5, 5.41) is 0. The van der Waals surface area contributed by atoms with Gasteiger partial charge in [-0.15, -0.1) is 0 Å². The summed E-state index contributed by atoms with van der Waals surface area (Å²) in [4.78, 5) is 1.42. The van der Waals surface area contributed by atoms with Crippen LogP contribution < -0.4 is 19.1 Å². The van der Waals surface area contributed by atoms with Gasteiger partial charge in [-0.25, -0.2) is 0 Å². The Balaban J connectivity index is 2.33. The van der Waals surface area contributed by atoms with E-state index in [1.165, 1.54) is 10.5 Å². The van der Waals surface area contributed by atoms with Crippen LogP contribution in [-0.2, 0) is 6.42 Å². The Hall–Kier alpha value is -2.46. The molecule has 134 valence electrons. The molecule has 0 bridgehead atoms. The monoisotopic (exact) mass is 342 g/mol. The van der Waals surface area contributed by atoms with Gasteiger partial charge in [-0.05, 0) is 41.0 Å². The number of benzene rings is 2. The Labute approximate surface area is 150 Å². The highest BCUT2D eigenvalue weighted by molar-refractivity contribution is 5.73. The molecule has 0 fully saturated rings. The SMILES string of the molecule is COc1ccc(C=Cc2cc(OC)c(OC)cc2CC[NH+](C)C)cc1. The van der Waals surface area contributed by atoms with Crippen molar-refractivity contribution >= 4 is 12.2 Å². The van der Waals surface area contributed by atoms with Gasteiger partial charge in [-0.1, -0.05) is 24.3 Å². The van der Waals surface area contributed by atoms with Crippen LogP contribution in [0.4, 0.5) is 0 Å². The molecule has 0 amide bonds. The van der Waals surface area contributed by atoms with Crippen LogP contribution in [0.5, 0.6) is 17.2 Å². The van der Waals surface area contributed by atoms with Crippen LogP contribution in [0.25, 0.3) is 12.2 Å². The van der Waals surface area contributed by atoms with E-state index >= 15 is 0 Å². The van der Waals surface area contributed by atoms with E-state index in [0.717, 1.165) is 41.3 Å². The van der Waals surface area contributed by atoms with E-state index in [2.05, 4.69) is 32.3 Å². The molecule has 0 aliphatic rings. The van der Waals surface area contributed by atoms with Gasteiger partial charge >= 0.3 is 0 Å². The summed E-state index contributed by atoms with van der Waals surface area (Å²) in [6.07, 6.45) is 5.21. The molecule has 0 saturated heterocycles. The number of hydrogen-bond donors (Lipinski definition) is 1. The molecular formula is C21H28NO3+. The standard InChI is InChI=1S/C21H27NO3/c1-22(2)13-12-18-15-21(25-5)20(24-4)14-17(18)9-6-16-7-10-19(23-3)11-8-16/h6-11,14-15H,12-13H2,1-5H3/p+1. The predicted octanol–water partition coefficient (Wildman–Crippen LogP) is 2.57. The highest BCUT2D eigenvalue weighted by atomic mass is 16.5. The van der Waals surface area contributed by atoms with Gasteiger partial charge < -0.3 is 19.1 Å². The van der Waals surface area contributed by atoms with Gasteiger partial charge in [0.05, 0.1) is 42.0 Å². The van der Waals surface area contributed by atoms with Gasteiger partial charge in [-0.2, -0.15) is 0 Å². The third-order valence-corrected chi connectivity index (χ3v) is 4.11. The number of likely N-dealkylation sites (N-methyl/N-ethyl adjacent to an activating group) is 1. The Bertz CT molecular complexity index is 706. The number of rotatable bonds is 8. The summed E-state index contributed by atoms with van der Waals surface area (Å²) < 4.78 is 16.1. The molecule has 4 heteroatoms. The maximum Gasteiger partial charge on any atom is 0.161 e. The summed E-state index contributed by atoms with van der Waals surface area (Å²) >= 11 is 0. The lowest BCUT2D eigenvalue weighted by atomic mass is 10.0. The maximum absolute atomic E-state index is 5.46. The third-order valence-electron chi connectivity index (χ3n) is 4.11. The Morgan fingerprint density at radius 2 is 1.48 bits per heavy atom. The van der Waals surface area contributed by atoms with E-state index in [1.807, 2.05) is 30.3 Å². The van der Waals surface area contributed by atoms with Crippen molar-refractivity contribution in [3.63, 3.8) is 0 Å². The molecule has 0 unspecified atom stereocenters. The molecular weight excluding hydrogens is 314 g/mol. The van der Waals surface area contributed by atoms with E-state index in [1.54, 1.807) is 21.3 Å². The topological polar surface area (TPSA) is 32.1 Å². The molecule has 0 aliphatic carbocycles. The summed E-state index contributed by atoms with van der Waals surface area (Å²) in [7, 11) is 9.33. The van der Waals surface area contributed by atoms with Crippen LogP contribution >= 0.6 is 0 Å². The summed E-state index contributed by atoms with van der Waals surface area (Å²) in [5.41, 5.74) is 3.53. The molecule has 0 spiro atoms. The van der Waals surface area contributed by atoms with Gasteiger partial charge in [0.15, 0.2) is 11.5 Å². The smallest absolute Gasteiger partial charge is 0.161 e. The first-order valence-corrected chi connectivity index (χ1v) is 8.43.